The molecule has 0 fully saturated rings. The van der Waals surface area contributed by atoms with Gasteiger partial charge in [0.25, 0.3) is 0 Å². The number of nitrogens with zero attached hydrogens (tertiary/aromatic N) is 2. The van der Waals surface area contributed by atoms with Gasteiger partial charge in [0, 0.05) is 16.5 Å². The lowest BCUT2D eigenvalue weighted by molar-refractivity contribution is 0.629. The minimum absolute atomic E-state index is 0.299. The Kier molecular flexibility index (Phi) is 5.06. The van der Waals surface area contributed by atoms with Crippen molar-refractivity contribution in [2.24, 2.45) is 0 Å². The lowest BCUT2D eigenvalue weighted by Gasteiger charge is -2.13. The Labute approximate surface area is 219 Å². The molecular formula is C35H21FN2. The monoisotopic (exact) mass is 488 g/mol. The highest BCUT2D eigenvalue weighted by molar-refractivity contribution is 6.12. The fraction of sp³-hybridized carbons (Fsp3) is 0. The molecule has 178 valence electrons. The number of fused-ring (bicyclic) bond motifs is 4. The molecule has 0 amide bonds. The SMILES string of the molecule is [C-]#[N+]c1cc(F)cc(-c2ccc(-c3ccc4c(c3)c3ccccc3n4-c3ccccc3)c3ccccc23)c1. The van der Waals surface area contributed by atoms with Gasteiger partial charge in [0.1, 0.15) is 5.82 Å². The molecule has 0 bridgehead atoms. The first-order chi connectivity index (χ1) is 18.7. The largest absolute Gasteiger partial charge is 0.309 e. The highest BCUT2D eigenvalue weighted by Crippen LogP contribution is 2.39. The Morgan fingerprint density at radius 1 is 0.526 bits per heavy atom. The third-order valence-corrected chi connectivity index (χ3v) is 7.24. The zero-order valence-electron chi connectivity index (χ0n) is 20.4. The van der Waals surface area contributed by atoms with Crippen molar-refractivity contribution in [3.8, 4) is 27.9 Å². The predicted octanol–water partition coefficient (Wildman–Crippen LogP) is 9.96. The van der Waals surface area contributed by atoms with Gasteiger partial charge in [-0.2, -0.15) is 0 Å². The van der Waals surface area contributed by atoms with E-state index in [2.05, 4.69) is 94.3 Å². The predicted molar refractivity (Wildman–Crippen MR) is 155 cm³/mol. The van der Waals surface area contributed by atoms with Crippen molar-refractivity contribution in [2.75, 3.05) is 0 Å². The van der Waals surface area contributed by atoms with Gasteiger partial charge in [-0.3, -0.25) is 0 Å². The first-order valence-electron chi connectivity index (χ1n) is 12.5. The van der Waals surface area contributed by atoms with Crippen LogP contribution in [-0.2, 0) is 0 Å². The third-order valence-electron chi connectivity index (χ3n) is 7.24. The Balaban J connectivity index is 1.46. The summed E-state index contributed by atoms with van der Waals surface area (Å²) in [5.74, 6) is -0.401. The number of hydrogen-bond donors (Lipinski definition) is 0. The first-order valence-corrected chi connectivity index (χ1v) is 12.5. The van der Waals surface area contributed by atoms with E-state index in [1.165, 1.54) is 28.4 Å². The van der Waals surface area contributed by atoms with Gasteiger partial charge in [-0.05, 0) is 81.6 Å². The van der Waals surface area contributed by atoms with E-state index < -0.39 is 5.82 Å². The average Bonchev–Trinajstić information content (AvgIpc) is 3.30. The van der Waals surface area contributed by atoms with Crippen molar-refractivity contribution in [1.82, 2.24) is 4.57 Å². The van der Waals surface area contributed by atoms with E-state index in [1.807, 2.05) is 24.3 Å². The molecular weight excluding hydrogens is 467 g/mol. The number of rotatable bonds is 3. The topological polar surface area (TPSA) is 9.29 Å². The standard InChI is InChI=1S/C35H21FN2/c1-37-26-20-24(19-25(36)22-26)29-17-16-28(30-11-5-6-12-31(29)30)23-15-18-35-33(21-23)32-13-7-8-14-34(32)38(35)27-9-3-2-4-10-27/h2-22H. The van der Waals surface area contributed by atoms with Gasteiger partial charge in [-0.25, -0.2) is 9.24 Å². The first kappa shape index (κ1) is 22.0. The molecule has 7 aromatic rings. The summed E-state index contributed by atoms with van der Waals surface area (Å²) in [6.45, 7) is 7.35. The maximum absolute atomic E-state index is 14.3. The molecule has 0 unspecified atom stereocenters. The van der Waals surface area contributed by atoms with Crippen molar-refractivity contribution < 1.29 is 4.39 Å². The molecule has 0 saturated heterocycles. The minimum atomic E-state index is -0.401. The molecule has 3 heteroatoms. The number of halogens is 1. The number of para-hydroxylation sites is 2. The lowest BCUT2D eigenvalue weighted by Crippen LogP contribution is -1.93. The Bertz CT molecular complexity index is 2050. The van der Waals surface area contributed by atoms with Crippen molar-refractivity contribution in [2.45, 2.75) is 0 Å². The van der Waals surface area contributed by atoms with Gasteiger partial charge in [0.2, 0.25) is 0 Å². The van der Waals surface area contributed by atoms with E-state index >= 15 is 0 Å². The summed E-state index contributed by atoms with van der Waals surface area (Å²) in [7, 11) is 0. The van der Waals surface area contributed by atoms with Crippen LogP contribution in [0.2, 0.25) is 0 Å². The molecule has 0 aliphatic carbocycles. The Morgan fingerprint density at radius 2 is 1.16 bits per heavy atom. The smallest absolute Gasteiger partial charge is 0.190 e. The minimum Gasteiger partial charge on any atom is -0.309 e. The second-order valence-electron chi connectivity index (χ2n) is 9.44. The molecule has 7 rings (SSSR count). The Hall–Kier alpha value is -5.20. The molecule has 38 heavy (non-hydrogen) atoms. The van der Waals surface area contributed by atoms with Crippen LogP contribution in [0.1, 0.15) is 0 Å². The Morgan fingerprint density at radius 3 is 1.89 bits per heavy atom. The zero-order valence-corrected chi connectivity index (χ0v) is 20.4. The van der Waals surface area contributed by atoms with Crippen LogP contribution in [0, 0.1) is 12.4 Å². The molecule has 6 aromatic carbocycles. The summed E-state index contributed by atoms with van der Waals surface area (Å²) in [6, 6.07) is 42.5. The van der Waals surface area contributed by atoms with Gasteiger partial charge in [-0.1, -0.05) is 78.9 Å². The van der Waals surface area contributed by atoms with E-state index in [-0.39, 0.29) is 0 Å². The molecule has 0 aliphatic rings. The van der Waals surface area contributed by atoms with Crippen molar-refractivity contribution in [3.05, 3.63) is 145 Å². The van der Waals surface area contributed by atoms with Gasteiger partial charge in [-0.15, -0.1) is 0 Å². The van der Waals surface area contributed by atoms with Crippen LogP contribution < -0.4 is 0 Å². The highest BCUT2D eigenvalue weighted by atomic mass is 19.1. The molecule has 0 saturated carbocycles. The fourth-order valence-corrected chi connectivity index (χ4v) is 5.59. The average molecular weight is 489 g/mol. The van der Waals surface area contributed by atoms with Crippen LogP contribution >= 0.6 is 0 Å². The maximum atomic E-state index is 14.3. The number of aromatic nitrogens is 1. The van der Waals surface area contributed by atoms with Crippen LogP contribution in [0.15, 0.2) is 127 Å². The third kappa shape index (κ3) is 3.47. The van der Waals surface area contributed by atoms with Gasteiger partial charge < -0.3 is 4.57 Å². The second-order valence-corrected chi connectivity index (χ2v) is 9.44. The number of hydrogen-bond acceptors (Lipinski definition) is 0. The summed E-state index contributed by atoms with van der Waals surface area (Å²) in [5.41, 5.74) is 7.63. The van der Waals surface area contributed by atoms with Crippen LogP contribution in [-0.4, -0.2) is 4.57 Å². The molecule has 1 aromatic heterocycles. The summed E-state index contributed by atoms with van der Waals surface area (Å²) in [4.78, 5) is 3.45. The summed E-state index contributed by atoms with van der Waals surface area (Å²) in [5, 5.41) is 4.52. The van der Waals surface area contributed by atoms with Crippen LogP contribution in [0.3, 0.4) is 0 Å². The van der Waals surface area contributed by atoms with E-state index in [1.54, 1.807) is 6.07 Å². The second kappa shape index (κ2) is 8.73. The van der Waals surface area contributed by atoms with Gasteiger partial charge in [0.15, 0.2) is 5.69 Å². The van der Waals surface area contributed by atoms with E-state index in [0.717, 1.165) is 38.7 Å². The number of benzene rings is 6. The summed E-state index contributed by atoms with van der Waals surface area (Å²) in [6.07, 6.45) is 0. The fourth-order valence-electron chi connectivity index (χ4n) is 5.59. The molecule has 2 nitrogen and oxygen atoms in total. The van der Waals surface area contributed by atoms with E-state index in [9.17, 15) is 4.39 Å². The molecule has 0 N–H and O–H groups in total. The quantitative estimate of drug-likeness (QED) is 0.219. The molecule has 0 atom stereocenters. The molecule has 0 aliphatic heterocycles. The van der Waals surface area contributed by atoms with Gasteiger partial charge >= 0.3 is 0 Å². The van der Waals surface area contributed by atoms with Gasteiger partial charge in [0.05, 0.1) is 17.6 Å². The molecule has 0 spiro atoms. The lowest BCUT2D eigenvalue weighted by atomic mass is 9.91. The van der Waals surface area contributed by atoms with E-state index in [0.29, 0.717) is 11.3 Å². The maximum Gasteiger partial charge on any atom is 0.190 e. The normalized spacial score (nSPS) is 11.3. The van der Waals surface area contributed by atoms with Crippen molar-refractivity contribution in [1.29, 1.82) is 0 Å². The summed E-state index contributed by atoms with van der Waals surface area (Å²) >= 11 is 0. The van der Waals surface area contributed by atoms with E-state index in [4.69, 9.17) is 6.57 Å². The van der Waals surface area contributed by atoms with Crippen molar-refractivity contribution in [3.63, 3.8) is 0 Å². The zero-order chi connectivity index (χ0) is 25.6. The molecule has 1 heterocycles. The van der Waals surface area contributed by atoms with Crippen LogP contribution in [0.4, 0.5) is 10.1 Å². The van der Waals surface area contributed by atoms with Crippen LogP contribution in [0.25, 0.3) is 65.4 Å². The van der Waals surface area contributed by atoms with Crippen molar-refractivity contribution >= 4 is 38.3 Å². The van der Waals surface area contributed by atoms with Crippen LogP contribution in [0.5, 0.6) is 0 Å². The molecule has 0 radical (unpaired) electrons. The highest BCUT2D eigenvalue weighted by Gasteiger charge is 2.15. The summed E-state index contributed by atoms with van der Waals surface area (Å²) < 4.78 is 16.6.